The fourth-order valence-electron chi connectivity index (χ4n) is 5.05. The molecule has 1 saturated carbocycles. The molecule has 4 rings (SSSR count). The number of amides is 3. The monoisotopic (exact) mass is 461 g/mol. The Morgan fingerprint density at radius 3 is 2.48 bits per heavy atom. The van der Waals surface area contributed by atoms with Crippen molar-refractivity contribution < 1.29 is 27.5 Å². The number of alkyl halides is 3. The highest BCUT2D eigenvalue weighted by Gasteiger charge is 2.50. The molecule has 0 unspecified atom stereocenters. The fraction of sp³-hybridized carbons (Fsp3) is 0.417. The number of nitrogens with zero attached hydrogens (tertiary/aromatic N) is 1. The average molecular weight is 461 g/mol. The SMILES string of the molecule is C[C@H]1C[C@@H]2[C@@H](CC(=O)N2Cc2ccccc2)[C@@H]1CNC(=O)Nc1ccc(OC(F)(F)F)cc1. The van der Waals surface area contributed by atoms with E-state index in [1.54, 1.807) is 0 Å². The van der Waals surface area contributed by atoms with Gasteiger partial charge < -0.3 is 20.3 Å². The molecule has 1 aliphatic carbocycles. The van der Waals surface area contributed by atoms with Crippen molar-refractivity contribution in [1.29, 1.82) is 0 Å². The maximum Gasteiger partial charge on any atom is 0.573 e. The van der Waals surface area contributed by atoms with Crippen LogP contribution < -0.4 is 15.4 Å². The summed E-state index contributed by atoms with van der Waals surface area (Å²) in [5.41, 5.74) is 1.45. The Balaban J connectivity index is 1.30. The summed E-state index contributed by atoms with van der Waals surface area (Å²) in [7, 11) is 0. The molecule has 2 aromatic carbocycles. The van der Waals surface area contributed by atoms with Crippen LogP contribution in [0.15, 0.2) is 54.6 Å². The van der Waals surface area contributed by atoms with Gasteiger partial charge >= 0.3 is 12.4 Å². The highest BCUT2D eigenvalue weighted by Crippen LogP contribution is 2.46. The summed E-state index contributed by atoms with van der Waals surface area (Å²) in [4.78, 5) is 27.0. The zero-order valence-electron chi connectivity index (χ0n) is 18.1. The van der Waals surface area contributed by atoms with E-state index in [2.05, 4.69) is 22.3 Å². The number of halogens is 3. The van der Waals surface area contributed by atoms with Crippen LogP contribution >= 0.6 is 0 Å². The normalized spacial score (nSPS) is 24.5. The smallest absolute Gasteiger partial charge is 0.406 e. The molecule has 33 heavy (non-hydrogen) atoms. The number of rotatable bonds is 6. The van der Waals surface area contributed by atoms with Crippen LogP contribution in [-0.4, -0.2) is 35.8 Å². The number of ether oxygens (including phenoxy) is 1. The van der Waals surface area contributed by atoms with E-state index in [0.29, 0.717) is 31.1 Å². The topological polar surface area (TPSA) is 70.7 Å². The number of carbonyl (C=O) groups is 2. The van der Waals surface area contributed by atoms with Crippen LogP contribution in [0.5, 0.6) is 5.75 Å². The lowest BCUT2D eigenvalue weighted by Gasteiger charge is -2.24. The van der Waals surface area contributed by atoms with Gasteiger partial charge in [-0.25, -0.2) is 4.79 Å². The lowest BCUT2D eigenvalue weighted by Crippen LogP contribution is -2.36. The van der Waals surface area contributed by atoms with Gasteiger partial charge in [-0.05, 0) is 54.0 Å². The van der Waals surface area contributed by atoms with E-state index < -0.39 is 12.4 Å². The van der Waals surface area contributed by atoms with Crippen molar-refractivity contribution in [3.05, 3.63) is 60.2 Å². The van der Waals surface area contributed by atoms with Crippen molar-refractivity contribution in [2.24, 2.45) is 17.8 Å². The number of hydrogen-bond acceptors (Lipinski definition) is 3. The van der Waals surface area contributed by atoms with Crippen LogP contribution in [0.1, 0.15) is 25.3 Å². The molecule has 2 aromatic rings. The largest absolute Gasteiger partial charge is 0.573 e. The van der Waals surface area contributed by atoms with Gasteiger partial charge in [-0.1, -0.05) is 37.3 Å². The lowest BCUT2D eigenvalue weighted by molar-refractivity contribution is -0.274. The maximum absolute atomic E-state index is 12.7. The van der Waals surface area contributed by atoms with E-state index in [4.69, 9.17) is 0 Å². The van der Waals surface area contributed by atoms with E-state index >= 15 is 0 Å². The van der Waals surface area contributed by atoms with Gasteiger partial charge in [0.2, 0.25) is 5.91 Å². The Morgan fingerprint density at radius 1 is 1.12 bits per heavy atom. The van der Waals surface area contributed by atoms with Gasteiger partial charge in [0.25, 0.3) is 0 Å². The summed E-state index contributed by atoms with van der Waals surface area (Å²) in [6, 6.07) is 14.6. The number of fused-ring (bicyclic) bond motifs is 1. The van der Waals surface area contributed by atoms with Gasteiger partial charge in [-0.3, -0.25) is 4.79 Å². The first kappa shape index (κ1) is 22.9. The van der Waals surface area contributed by atoms with Crippen LogP contribution in [0, 0.1) is 17.8 Å². The Kier molecular flexibility index (Phi) is 6.49. The molecule has 2 aliphatic rings. The Hall–Kier alpha value is -3.23. The number of anilines is 1. The van der Waals surface area contributed by atoms with Gasteiger partial charge in [0.05, 0.1) is 0 Å². The summed E-state index contributed by atoms with van der Waals surface area (Å²) in [6.45, 7) is 3.17. The lowest BCUT2D eigenvalue weighted by atomic mass is 9.88. The molecule has 0 bridgehead atoms. The molecule has 9 heteroatoms. The Labute approximate surface area is 190 Å². The van der Waals surface area contributed by atoms with Crippen LogP contribution in [0.3, 0.4) is 0 Å². The molecule has 4 atom stereocenters. The standard InChI is InChI=1S/C24H26F3N3O3/c1-15-11-21-19(12-22(31)30(21)14-16-5-3-2-4-6-16)20(15)13-28-23(32)29-17-7-9-18(10-8-17)33-24(25,26)27/h2-10,15,19-21H,11-14H2,1H3,(H2,28,29,32)/t15-,19-,20+,21+/m0/s1. The molecular weight excluding hydrogens is 435 g/mol. The van der Waals surface area contributed by atoms with Gasteiger partial charge in [0.15, 0.2) is 0 Å². The van der Waals surface area contributed by atoms with Gasteiger partial charge in [-0.15, -0.1) is 13.2 Å². The van der Waals surface area contributed by atoms with Crippen molar-refractivity contribution in [2.75, 3.05) is 11.9 Å². The molecule has 3 amide bonds. The second kappa shape index (κ2) is 9.33. The van der Waals surface area contributed by atoms with Crippen LogP contribution in [0.2, 0.25) is 0 Å². The van der Waals surface area contributed by atoms with E-state index in [9.17, 15) is 22.8 Å². The molecule has 1 saturated heterocycles. The molecule has 0 aromatic heterocycles. The minimum Gasteiger partial charge on any atom is -0.406 e. The summed E-state index contributed by atoms with van der Waals surface area (Å²) < 4.78 is 40.6. The number of nitrogens with one attached hydrogen (secondary N) is 2. The third-order valence-electron chi connectivity index (χ3n) is 6.56. The van der Waals surface area contributed by atoms with Crippen molar-refractivity contribution in [2.45, 2.75) is 38.7 Å². The third-order valence-corrected chi connectivity index (χ3v) is 6.56. The van der Waals surface area contributed by atoms with Gasteiger partial charge in [0.1, 0.15) is 5.75 Å². The zero-order chi connectivity index (χ0) is 23.6. The molecule has 2 N–H and O–H groups in total. The maximum atomic E-state index is 12.7. The number of urea groups is 1. The van der Waals surface area contributed by atoms with Crippen LogP contribution in [0.25, 0.3) is 0 Å². The van der Waals surface area contributed by atoms with Crippen molar-refractivity contribution in [3.8, 4) is 5.75 Å². The Morgan fingerprint density at radius 2 is 1.82 bits per heavy atom. The van der Waals surface area contributed by atoms with E-state index in [1.165, 1.54) is 12.1 Å². The minimum absolute atomic E-state index is 0.149. The Bertz CT molecular complexity index is 982. The molecule has 0 spiro atoms. The molecular formula is C24H26F3N3O3. The first-order valence-corrected chi connectivity index (χ1v) is 10.9. The van der Waals surface area contributed by atoms with Crippen LogP contribution in [-0.2, 0) is 11.3 Å². The highest BCUT2D eigenvalue weighted by molar-refractivity contribution is 5.89. The first-order chi connectivity index (χ1) is 15.7. The van der Waals surface area contributed by atoms with Crippen molar-refractivity contribution in [1.82, 2.24) is 10.2 Å². The summed E-state index contributed by atoms with van der Waals surface area (Å²) in [6.07, 6.45) is -3.38. The predicted molar refractivity (Wildman–Crippen MR) is 116 cm³/mol. The molecule has 176 valence electrons. The highest BCUT2D eigenvalue weighted by atomic mass is 19.4. The molecule has 2 fully saturated rings. The second-order valence-corrected chi connectivity index (χ2v) is 8.73. The molecule has 0 radical (unpaired) electrons. The number of carbonyl (C=O) groups excluding carboxylic acids is 2. The predicted octanol–water partition coefficient (Wildman–Crippen LogP) is 4.78. The minimum atomic E-state index is -4.76. The number of hydrogen-bond donors (Lipinski definition) is 2. The van der Waals surface area contributed by atoms with E-state index in [-0.39, 0.29) is 29.5 Å². The summed E-state index contributed by atoms with van der Waals surface area (Å²) >= 11 is 0. The van der Waals surface area contributed by atoms with Crippen LogP contribution in [0.4, 0.5) is 23.7 Å². The second-order valence-electron chi connectivity index (χ2n) is 8.73. The molecule has 6 nitrogen and oxygen atoms in total. The first-order valence-electron chi connectivity index (χ1n) is 10.9. The van der Waals surface area contributed by atoms with Gasteiger partial charge in [0, 0.05) is 31.2 Å². The van der Waals surface area contributed by atoms with E-state index in [0.717, 1.165) is 24.1 Å². The molecule has 1 aliphatic heterocycles. The number of likely N-dealkylation sites (tertiary alicyclic amines) is 1. The summed E-state index contributed by atoms with van der Waals surface area (Å²) in [5, 5.41) is 5.47. The summed E-state index contributed by atoms with van der Waals surface area (Å²) in [5.74, 6) is 0.510. The fourth-order valence-corrected chi connectivity index (χ4v) is 5.05. The quantitative estimate of drug-likeness (QED) is 0.651. The zero-order valence-corrected chi connectivity index (χ0v) is 18.1. The van der Waals surface area contributed by atoms with E-state index in [1.807, 2.05) is 35.2 Å². The molecule has 1 heterocycles. The number of benzene rings is 2. The van der Waals surface area contributed by atoms with Crippen molar-refractivity contribution in [3.63, 3.8) is 0 Å². The van der Waals surface area contributed by atoms with Crippen molar-refractivity contribution >= 4 is 17.6 Å². The third kappa shape index (κ3) is 5.58. The van der Waals surface area contributed by atoms with Gasteiger partial charge in [-0.2, -0.15) is 0 Å². The average Bonchev–Trinajstić information content (AvgIpc) is 3.21.